The van der Waals surface area contributed by atoms with Gasteiger partial charge in [-0.15, -0.1) is 0 Å². The predicted octanol–water partition coefficient (Wildman–Crippen LogP) is 8.05. The first-order valence-electron chi connectivity index (χ1n) is 13.5. The fourth-order valence-electron chi connectivity index (χ4n) is 4.16. The highest BCUT2D eigenvalue weighted by molar-refractivity contribution is 7.92. The molecule has 0 saturated carbocycles. The summed E-state index contributed by atoms with van der Waals surface area (Å²) in [6.45, 7) is 2.87. The van der Waals surface area contributed by atoms with Gasteiger partial charge < -0.3 is 9.84 Å². The van der Waals surface area contributed by atoms with E-state index in [1.165, 1.54) is 101 Å². The van der Waals surface area contributed by atoms with E-state index in [0.29, 0.717) is 12.4 Å². The van der Waals surface area contributed by atoms with Gasteiger partial charge in [0.15, 0.2) is 0 Å². The van der Waals surface area contributed by atoms with Crippen LogP contribution in [0.3, 0.4) is 0 Å². The van der Waals surface area contributed by atoms with Gasteiger partial charge in [-0.1, -0.05) is 103 Å². The van der Waals surface area contributed by atoms with Crippen molar-refractivity contribution in [2.45, 2.75) is 102 Å². The number of hydrogen-bond donors (Lipinski definition) is 2. The monoisotopic (exact) mass is 517 g/mol. The van der Waals surface area contributed by atoms with Gasteiger partial charge >= 0.3 is 5.97 Å². The van der Waals surface area contributed by atoms with Gasteiger partial charge in [0.2, 0.25) is 0 Å². The summed E-state index contributed by atoms with van der Waals surface area (Å²) in [4.78, 5) is 11.4. The lowest BCUT2D eigenvalue weighted by Gasteiger charge is -2.11. The molecule has 200 valence electrons. The largest absolute Gasteiger partial charge is 0.494 e. The van der Waals surface area contributed by atoms with E-state index in [0.717, 1.165) is 12.8 Å². The van der Waals surface area contributed by atoms with Crippen LogP contribution in [0.25, 0.3) is 0 Å². The fraction of sp³-hybridized carbons (Fsp3) is 0.552. The average Bonchev–Trinajstić information content (AvgIpc) is 2.86. The second-order valence-corrected chi connectivity index (χ2v) is 11.1. The first-order chi connectivity index (χ1) is 17.4. The van der Waals surface area contributed by atoms with Crippen LogP contribution in [-0.2, 0) is 10.0 Å². The van der Waals surface area contributed by atoms with Crippen LogP contribution < -0.4 is 9.46 Å². The van der Waals surface area contributed by atoms with Gasteiger partial charge in [0.1, 0.15) is 5.75 Å². The molecule has 0 spiro atoms. The Morgan fingerprint density at radius 3 is 1.78 bits per heavy atom. The number of nitrogens with one attached hydrogen (secondary N) is 1. The lowest BCUT2D eigenvalue weighted by Crippen LogP contribution is -2.15. The number of sulfonamides is 1. The number of anilines is 1. The topological polar surface area (TPSA) is 92.7 Å². The molecule has 0 radical (unpaired) electrons. The Kier molecular flexibility index (Phi) is 14.0. The van der Waals surface area contributed by atoms with Crippen LogP contribution in [0.2, 0.25) is 0 Å². The fourth-order valence-corrected chi connectivity index (χ4v) is 5.24. The minimum Gasteiger partial charge on any atom is -0.494 e. The number of hydrogen-bond acceptors (Lipinski definition) is 4. The molecule has 6 nitrogen and oxygen atoms in total. The zero-order valence-corrected chi connectivity index (χ0v) is 22.5. The van der Waals surface area contributed by atoms with E-state index >= 15 is 0 Å². The van der Waals surface area contributed by atoms with E-state index in [2.05, 4.69) is 11.6 Å². The van der Waals surface area contributed by atoms with Gasteiger partial charge in [-0.2, -0.15) is 0 Å². The molecule has 0 aliphatic carbocycles. The third kappa shape index (κ3) is 11.5. The van der Waals surface area contributed by atoms with Crippen molar-refractivity contribution < 1.29 is 23.1 Å². The maximum atomic E-state index is 12.7. The van der Waals surface area contributed by atoms with Crippen molar-refractivity contribution in [2.24, 2.45) is 0 Å². The average molecular weight is 518 g/mol. The van der Waals surface area contributed by atoms with Crippen molar-refractivity contribution in [3.8, 4) is 5.75 Å². The van der Waals surface area contributed by atoms with E-state index in [4.69, 9.17) is 4.74 Å². The lowest BCUT2D eigenvalue weighted by atomic mass is 10.0. The Labute approximate surface area is 217 Å². The highest BCUT2D eigenvalue weighted by Crippen LogP contribution is 2.22. The van der Waals surface area contributed by atoms with Crippen LogP contribution in [0.1, 0.15) is 107 Å². The summed E-state index contributed by atoms with van der Waals surface area (Å²) in [5.41, 5.74) is -0.0719. The van der Waals surface area contributed by atoms with Crippen LogP contribution in [0.15, 0.2) is 53.4 Å². The van der Waals surface area contributed by atoms with Crippen molar-refractivity contribution >= 4 is 21.7 Å². The Hall–Kier alpha value is -2.54. The maximum Gasteiger partial charge on any atom is 0.337 e. The molecule has 2 aromatic rings. The van der Waals surface area contributed by atoms with Crippen molar-refractivity contribution in [3.63, 3.8) is 0 Å². The molecule has 7 heteroatoms. The molecular formula is C29H43NO5S. The van der Waals surface area contributed by atoms with Gasteiger partial charge in [-0.25, -0.2) is 13.2 Å². The molecule has 0 heterocycles. The minimum atomic E-state index is -3.91. The van der Waals surface area contributed by atoms with Crippen molar-refractivity contribution in [1.29, 1.82) is 0 Å². The van der Waals surface area contributed by atoms with E-state index in [1.54, 1.807) is 24.3 Å². The van der Waals surface area contributed by atoms with Crippen molar-refractivity contribution in [3.05, 3.63) is 54.1 Å². The Bertz CT molecular complexity index is 989. The Balaban J connectivity index is 1.58. The zero-order valence-electron chi connectivity index (χ0n) is 21.7. The summed E-state index contributed by atoms with van der Waals surface area (Å²) in [6, 6.07) is 12.1. The van der Waals surface area contributed by atoms with Crippen LogP contribution in [0, 0.1) is 0 Å². The standard InChI is InChI=1S/C29H43NO5S/c1-2-3-4-5-6-7-8-9-10-11-12-13-14-17-24-35-25-20-22-26(23-21-25)36(33,34)30-28-19-16-15-18-27(28)29(31)32/h15-16,18-23,30H,2-14,17,24H2,1H3,(H,31,32). The summed E-state index contributed by atoms with van der Waals surface area (Å²) in [5, 5.41) is 9.25. The molecule has 0 atom stereocenters. The highest BCUT2D eigenvalue weighted by atomic mass is 32.2. The Morgan fingerprint density at radius 1 is 0.750 bits per heavy atom. The van der Waals surface area contributed by atoms with Crippen molar-refractivity contribution in [1.82, 2.24) is 0 Å². The second kappa shape index (κ2) is 17.0. The third-order valence-electron chi connectivity index (χ3n) is 6.30. The van der Waals surface area contributed by atoms with E-state index in [-0.39, 0.29) is 16.1 Å². The van der Waals surface area contributed by atoms with E-state index < -0.39 is 16.0 Å². The molecule has 2 N–H and O–H groups in total. The molecule has 0 bridgehead atoms. The molecule has 2 aromatic carbocycles. The molecule has 0 aromatic heterocycles. The normalized spacial score (nSPS) is 11.4. The van der Waals surface area contributed by atoms with Crippen LogP contribution in [-0.4, -0.2) is 26.1 Å². The van der Waals surface area contributed by atoms with Crippen LogP contribution >= 0.6 is 0 Å². The van der Waals surface area contributed by atoms with Crippen LogP contribution in [0.4, 0.5) is 5.69 Å². The molecular weight excluding hydrogens is 474 g/mol. The number of benzene rings is 2. The summed E-state index contributed by atoms with van der Waals surface area (Å²) in [7, 11) is -3.91. The number of rotatable bonds is 20. The quantitative estimate of drug-likeness (QED) is 0.173. The Morgan fingerprint density at radius 2 is 1.25 bits per heavy atom. The minimum absolute atomic E-state index is 0.0307. The molecule has 36 heavy (non-hydrogen) atoms. The van der Waals surface area contributed by atoms with Gasteiger partial charge in [0.25, 0.3) is 10.0 Å². The number of aromatic carboxylic acids is 1. The van der Waals surface area contributed by atoms with Gasteiger partial charge in [-0.05, 0) is 42.8 Å². The number of ether oxygens (including phenoxy) is 1. The molecule has 0 aliphatic heterocycles. The van der Waals surface area contributed by atoms with Gasteiger partial charge in [0, 0.05) is 0 Å². The lowest BCUT2D eigenvalue weighted by molar-refractivity contribution is 0.0698. The predicted molar refractivity (Wildman–Crippen MR) is 146 cm³/mol. The van der Waals surface area contributed by atoms with Crippen LogP contribution in [0.5, 0.6) is 5.75 Å². The summed E-state index contributed by atoms with van der Waals surface area (Å²) < 4.78 is 33.4. The number of unbranched alkanes of at least 4 members (excludes halogenated alkanes) is 13. The van der Waals surface area contributed by atoms with E-state index in [9.17, 15) is 18.3 Å². The van der Waals surface area contributed by atoms with Gasteiger partial charge in [-0.3, -0.25) is 4.72 Å². The van der Waals surface area contributed by atoms with Crippen molar-refractivity contribution in [2.75, 3.05) is 11.3 Å². The SMILES string of the molecule is CCCCCCCCCCCCCCCCOc1ccc(S(=O)(=O)Nc2ccccc2C(=O)O)cc1. The smallest absolute Gasteiger partial charge is 0.337 e. The summed E-state index contributed by atoms with van der Waals surface area (Å²) in [6.07, 6.45) is 18.3. The molecule has 0 saturated heterocycles. The number of carbonyl (C=O) groups is 1. The summed E-state index contributed by atoms with van der Waals surface area (Å²) in [5.74, 6) is -0.574. The molecule has 0 fully saturated rings. The zero-order chi connectivity index (χ0) is 26.1. The second-order valence-electron chi connectivity index (χ2n) is 9.37. The van der Waals surface area contributed by atoms with E-state index in [1.807, 2.05) is 0 Å². The maximum absolute atomic E-state index is 12.7. The molecule has 0 aliphatic rings. The third-order valence-corrected chi connectivity index (χ3v) is 7.68. The number of carboxylic acids is 1. The first-order valence-corrected chi connectivity index (χ1v) is 15.0. The van der Waals surface area contributed by atoms with Gasteiger partial charge in [0.05, 0.1) is 22.8 Å². The summed E-state index contributed by atoms with van der Waals surface area (Å²) >= 11 is 0. The number of para-hydroxylation sites is 1. The highest BCUT2D eigenvalue weighted by Gasteiger charge is 2.18. The molecule has 0 unspecified atom stereocenters. The molecule has 0 amide bonds. The first kappa shape index (κ1) is 29.7. The molecule has 2 rings (SSSR count). The number of carboxylic acid groups (broad SMARTS) is 1.